The number of ether oxygens (including phenoxy) is 3. The van der Waals surface area contributed by atoms with Gasteiger partial charge in [0.05, 0.1) is 24.8 Å². The van der Waals surface area contributed by atoms with Crippen molar-refractivity contribution in [1.29, 1.82) is 0 Å². The molecule has 1 aliphatic rings. The number of benzene rings is 3. The van der Waals surface area contributed by atoms with Crippen LogP contribution in [0, 0.1) is 18.8 Å². The summed E-state index contributed by atoms with van der Waals surface area (Å²) in [5.74, 6) is 1.97. The number of oxazole rings is 1. The molecule has 8 heteroatoms. The first-order valence-corrected chi connectivity index (χ1v) is 14.4. The largest absolute Gasteiger partial charge is 0.493 e. The molecule has 1 aliphatic heterocycles. The van der Waals surface area contributed by atoms with Gasteiger partial charge in [-0.25, -0.2) is 9.78 Å². The molecule has 1 amide bonds. The summed E-state index contributed by atoms with van der Waals surface area (Å²) in [4.78, 5) is 31.8. The van der Waals surface area contributed by atoms with E-state index in [9.17, 15) is 9.59 Å². The van der Waals surface area contributed by atoms with E-state index in [1.165, 1.54) is 0 Å². The van der Waals surface area contributed by atoms with Crippen LogP contribution in [0.15, 0.2) is 89.3 Å². The summed E-state index contributed by atoms with van der Waals surface area (Å²) in [6, 6.07) is 26.9. The number of carbonyl (C=O) groups excluding carboxylic acids is 2. The van der Waals surface area contributed by atoms with Gasteiger partial charge in [-0.3, -0.25) is 4.79 Å². The molecule has 1 aromatic heterocycles. The molecule has 5 rings (SSSR count). The maximum absolute atomic E-state index is 12.8. The van der Waals surface area contributed by atoms with Crippen LogP contribution in [0.4, 0.5) is 4.79 Å². The zero-order valence-corrected chi connectivity index (χ0v) is 24.0. The third kappa shape index (κ3) is 8.47. The highest BCUT2D eigenvalue weighted by molar-refractivity contribution is 5.77. The summed E-state index contributed by atoms with van der Waals surface area (Å²) in [5, 5.41) is 0. The van der Waals surface area contributed by atoms with Gasteiger partial charge in [-0.15, -0.1) is 0 Å². The normalized spacial score (nSPS) is 15.9. The number of hydrogen-bond donors (Lipinski definition) is 0. The number of carbonyl (C=O) groups is 2. The molecule has 4 aromatic rings. The minimum atomic E-state index is -0.462. The first-order valence-electron chi connectivity index (χ1n) is 14.4. The topological polar surface area (TPSA) is 91.1 Å². The molecule has 3 aromatic carbocycles. The highest BCUT2D eigenvalue weighted by Crippen LogP contribution is 2.30. The molecule has 1 fully saturated rings. The summed E-state index contributed by atoms with van der Waals surface area (Å²) in [5.41, 5.74) is 3.12. The lowest BCUT2D eigenvalue weighted by Crippen LogP contribution is -2.32. The predicted octanol–water partition coefficient (Wildman–Crippen LogP) is 6.68. The Morgan fingerprint density at radius 3 is 2.30 bits per heavy atom. The highest BCUT2D eigenvalue weighted by Gasteiger charge is 2.41. The van der Waals surface area contributed by atoms with Crippen molar-refractivity contribution in [3.8, 4) is 11.5 Å². The quantitative estimate of drug-likeness (QED) is 0.182. The lowest BCUT2D eigenvalue weighted by atomic mass is 9.90. The first-order chi connectivity index (χ1) is 20.5. The summed E-state index contributed by atoms with van der Waals surface area (Å²) in [6.45, 7) is 5.17. The summed E-state index contributed by atoms with van der Waals surface area (Å²) in [7, 11) is 0. The second-order valence-corrected chi connectivity index (χ2v) is 10.4. The number of esters is 1. The number of likely N-dealkylation sites (tertiary alicyclic amines) is 1. The molecule has 0 saturated carbocycles. The smallest absolute Gasteiger partial charge is 0.415 e. The van der Waals surface area contributed by atoms with E-state index in [1.807, 2.05) is 67.6 Å². The molecular formula is C35H40N2O6. The lowest BCUT2D eigenvalue weighted by molar-refractivity contribution is -0.148. The fourth-order valence-electron chi connectivity index (χ4n) is 5.25. The van der Waals surface area contributed by atoms with Crippen LogP contribution in [0.25, 0.3) is 0 Å². The molecule has 2 heterocycles. The average molecular weight is 585 g/mol. The van der Waals surface area contributed by atoms with Gasteiger partial charge in [0.2, 0.25) is 0 Å². The Balaban J connectivity index is 0.00000423. The Hall–Kier alpha value is -4.59. The zero-order chi connectivity index (χ0) is 29.3. The highest BCUT2D eigenvalue weighted by atomic mass is 16.6. The van der Waals surface area contributed by atoms with Gasteiger partial charge in [0, 0.05) is 25.9 Å². The van der Waals surface area contributed by atoms with Crippen LogP contribution in [-0.4, -0.2) is 48.2 Å². The molecule has 226 valence electrons. The number of para-hydroxylation sites is 1. The number of nitrogens with zero attached hydrogens (tertiary/aromatic N) is 2. The van der Waals surface area contributed by atoms with E-state index >= 15 is 0 Å². The Bertz CT molecular complexity index is 1450. The number of amides is 1. The van der Waals surface area contributed by atoms with Crippen LogP contribution in [0.2, 0.25) is 0 Å². The number of rotatable bonds is 11. The van der Waals surface area contributed by atoms with Gasteiger partial charge >= 0.3 is 12.1 Å². The molecule has 0 bridgehead atoms. The van der Waals surface area contributed by atoms with Gasteiger partial charge in [-0.2, -0.15) is 0 Å². The van der Waals surface area contributed by atoms with Crippen molar-refractivity contribution in [1.82, 2.24) is 9.88 Å². The molecule has 1 saturated heterocycles. The Labute approximate surface area is 253 Å². The maximum Gasteiger partial charge on any atom is 0.415 e. The van der Waals surface area contributed by atoms with Gasteiger partial charge < -0.3 is 23.5 Å². The molecule has 0 spiro atoms. The van der Waals surface area contributed by atoms with Crippen LogP contribution < -0.4 is 9.47 Å². The minimum absolute atomic E-state index is 0. The standard InChI is InChI=1S/C34H36N2O6.CH4/c1-3-39-33(37)30-23-36(34(38)42-29-12-8-5-9-13-29)22-27(30)20-26-14-16-28(17-15-26)40-19-18-31-24(2)41-32(35-31)21-25-10-6-4-7-11-25;/h4-17,27,30H,3,18-23H2,1-2H3;1H4/t27-,30+;/m1./s1. The predicted molar refractivity (Wildman–Crippen MR) is 164 cm³/mol. The Kier molecular flexibility index (Phi) is 11.0. The SMILES string of the molecule is C.CCOC(=O)[C@H]1CN(C(=O)Oc2ccccc2)C[C@H]1Cc1ccc(OCCc2nc(Cc3ccccc3)oc2C)cc1. The van der Waals surface area contributed by atoms with E-state index in [4.69, 9.17) is 18.6 Å². The minimum Gasteiger partial charge on any atom is -0.493 e. The van der Waals surface area contributed by atoms with Crippen molar-refractivity contribution in [2.75, 3.05) is 26.3 Å². The van der Waals surface area contributed by atoms with Crippen molar-refractivity contribution in [2.45, 2.75) is 40.5 Å². The maximum atomic E-state index is 12.8. The first kappa shape index (κ1) is 31.3. The van der Waals surface area contributed by atoms with Crippen LogP contribution in [0.3, 0.4) is 0 Å². The number of aromatic nitrogens is 1. The van der Waals surface area contributed by atoms with E-state index in [0.29, 0.717) is 50.7 Å². The fraction of sp³-hybridized carbons (Fsp3) is 0.343. The summed E-state index contributed by atoms with van der Waals surface area (Å²) >= 11 is 0. The molecule has 0 unspecified atom stereocenters. The average Bonchev–Trinajstić information content (AvgIpc) is 3.58. The number of hydrogen-bond acceptors (Lipinski definition) is 7. The second kappa shape index (κ2) is 15.0. The van der Waals surface area contributed by atoms with Gasteiger partial charge in [0.15, 0.2) is 5.89 Å². The van der Waals surface area contributed by atoms with Crippen molar-refractivity contribution >= 4 is 12.1 Å². The molecule has 0 aliphatic carbocycles. The van der Waals surface area contributed by atoms with Crippen LogP contribution in [-0.2, 0) is 28.8 Å². The van der Waals surface area contributed by atoms with E-state index in [1.54, 1.807) is 24.0 Å². The molecule has 2 atom stereocenters. The van der Waals surface area contributed by atoms with E-state index in [2.05, 4.69) is 17.1 Å². The van der Waals surface area contributed by atoms with Crippen molar-refractivity contribution in [3.63, 3.8) is 0 Å². The van der Waals surface area contributed by atoms with Crippen molar-refractivity contribution in [3.05, 3.63) is 113 Å². The second-order valence-electron chi connectivity index (χ2n) is 10.4. The number of aryl methyl sites for hydroxylation is 1. The fourth-order valence-corrected chi connectivity index (χ4v) is 5.25. The Morgan fingerprint density at radius 1 is 0.907 bits per heavy atom. The van der Waals surface area contributed by atoms with Crippen LogP contribution in [0.5, 0.6) is 11.5 Å². The van der Waals surface area contributed by atoms with Crippen molar-refractivity contribution < 1.29 is 28.2 Å². The monoisotopic (exact) mass is 584 g/mol. The molecule has 0 N–H and O–H groups in total. The molecule has 0 radical (unpaired) electrons. The van der Waals surface area contributed by atoms with Crippen molar-refractivity contribution in [2.24, 2.45) is 11.8 Å². The zero-order valence-electron chi connectivity index (χ0n) is 24.0. The van der Waals surface area contributed by atoms with Crippen LogP contribution in [0.1, 0.15) is 42.8 Å². The third-order valence-corrected chi connectivity index (χ3v) is 7.40. The van der Waals surface area contributed by atoms with E-state index in [0.717, 1.165) is 28.3 Å². The van der Waals surface area contributed by atoms with Gasteiger partial charge in [-0.05, 0) is 61.6 Å². The third-order valence-electron chi connectivity index (χ3n) is 7.40. The Morgan fingerprint density at radius 2 is 1.60 bits per heavy atom. The van der Waals surface area contributed by atoms with E-state index < -0.39 is 12.0 Å². The van der Waals surface area contributed by atoms with Gasteiger partial charge in [0.1, 0.15) is 17.3 Å². The molecule has 43 heavy (non-hydrogen) atoms. The summed E-state index contributed by atoms with van der Waals surface area (Å²) in [6.07, 6.45) is 1.47. The van der Waals surface area contributed by atoms with Crippen LogP contribution >= 0.6 is 0 Å². The summed E-state index contributed by atoms with van der Waals surface area (Å²) < 4.78 is 22.7. The van der Waals surface area contributed by atoms with Gasteiger partial charge in [0.25, 0.3) is 0 Å². The molecule has 8 nitrogen and oxygen atoms in total. The molecular weight excluding hydrogens is 544 g/mol. The van der Waals surface area contributed by atoms with E-state index in [-0.39, 0.29) is 25.9 Å². The van der Waals surface area contributed by atoms with Gasteiger partial charge in [-0.1, -0.05) is 68.1 Å². The lowest BCUT2D eigenvalue weighted by Gasteiger charge is -2.17.